The molecule has 1 aromatic rings. The Balaban J connectivity index is 0.000001000. The fourth-order valence-corrected chi connectivity index (χ4v) is 2.53. The minimum Gasteiger partial charge on any atom is 1.00 e. The Morgan fingerprint density at radius 2 is 2.36 bits per heavy atom. The quantitative estimate of drug-likeness (QED) is 0.302. The SMILES string of the molecule is CC[I-]c1[c-]cnc(C)c1.[Rb+]. The summed E-state index contributed by atoms with van der Waals surface area (Å²) in [5, 5.41) is 0. The topological polar surface area (TPSA) is 12.9 Å². The van der Waals surface area contributed by atoms with Crippen molar-refractivity contribution < 1.29 is 79.4 Å². The molecule has 56 valence electrons. The van der Waals surface area contributed by atoms with Crippen LogP contribution in [-0.2, 0) is 0 Å². The van der Waals surface area contributed by atoms with Gasteiger partial charge >= 0.3 is 130 Å². The molecule has 0 aliphatic carbocycles. The summed E-state index contributed by atoms with van der Waals surface area (Å²) in [6.45, 7) is 4.24. The third kappa shape index (κ3) is 5.08. The Hall–Kier alpha value is 1.69. The van der Waals surface area contributed by atoms with Gasteiger partial charge in [0.05, 0.1) is 0 Å². The van der Waals surface area contributed by atoms with E-state index < -0.39 is 0 Å². The van der Waals surface area contributed by atoms with Crippen molar-refractivity contribution in [1.82, 2.24) is 4.98 Å². The van der Waals surface area contributed by atoms with Crippen LogP contribution < -0.4 is 79.4 Å². The van der Waals surface area contributed by atoms with Crippen LogP contribution in [0.15, 0.2) is 12.3 Å². The van der Waals surface area contributed by atoms with Gasteiger partial charge in [-0.05, 0) is 0 Å². The summed E-state index contributed by atoms with van der Waals surface area (Å²) in [6, 6.07) is 5.28. The molecule has 0 spiro atoms. The van der Waals surface area contributed by atoms with Crippen LogP contribution in [0.1, 0.15) is 12.6 Å². The van der Waals surface area contributed by atoms with Crippen molar-refractivity contribution >= 4 is 0 Å². The van der Waals surface area contributed by atoms with Crippen LogP contribution in [0.25, 0.3) is 0 Å². The van der Waals surface area contributed by atoms with Crippen LogP contribution in [0.4, 0.5) is 0 Å². The van der Waals surface area contributed by atoms with Gasteiger partial charge in [-0.15, -0.1) is 0 Å². The largest absolute Gasteiger partial charge is 1.00 e. The van der Waals surface area contributed by atoms with Crippen LogP contribution in [0.2, 0.25) is 0 Å². The number of aryl methyl sites for hydroxylation is 1. The second-order valence-electron chi connectivity index (χ2n) is 1.94. The molecule has 11 heavy (non-hydrogen) atoms. The molecule has 1 aromatic heterocycles. The molecule has 1 nitrogen and oxygen atoms in total. The number of nitrogens with zero attached hydrogens (tertiary/aromatic N) is 1. The zero-order valence-corrected chi connectivity index (χ0v) is 14.3. The second-order valence-corrected chi connectivity index (χ2v) is 5.39. The molecule has 0 aliphatic heterocycles. The summed E-state index contributed by atoms with van der Waals surface area (Å²) in [5.74, 6) is 0. The monoisotopic (exact) mass is 332 g/mol. The van der Waals surface area contributed by atoms with E-state index in [-0.39, 0.29) is 79.4 Å². The van der Waals surface area contributed by atoms with E-state index in [0.717, 1.165) is 5.69 Å². The van der Waals surface area contributed by atoms with E-state index in [2.05, 4.69) is 24.0 Å². The predicted octanol–water partition coefficient (Wildman–Crippen LogP) is -4.53. The van der Waals surface area contributed by atoms with Gasteiger partial charge in [0.15, 0.2) is 0 Å². The zero-order valence-electron chi connectivity index (χ0n) is 7.19. The van der Waals surface area contributed by atoms with Gasteiger partial charge in [-0.2, -0.15) is 0 Å². The third-order valence-electron chi connectivity index (χ3n) is 1.08. The molecular weight excluding hydrogens is 322 g/mol. The van der Waals surface area contributed by atoms with Gasteiger partial charge in [0.25, 0.3) is 0 Å². The summed E-state index contributed by atoms with van der Waals surface area (Å²) < 4.78 is 2.67. The summed E-state index contributed by atoms with van der Waals surface area (Å²) in [6.07, 6.45) is 1.78. The molecule has 0 aliphatic rings. The molecule has 3 heteroatoms. The standard InChI is InChI=1S/C8H10IN.Rb/c1-3-9-8-4-5-10-7(2)6-8;/h5-6H,3H2,1-2H3;/q-2;+1. The Morgan fingerprint density at radius 1 is 1.64 bits per heavy atom. The Kier molecular flexibility index (Phi) is 8.21. The normalized spacial score (nSPS) is 9.27. The number of aromatic nitrogens is 1. The van der Waals surface area contributed by atoms with Crippen molar-refractivity contribution in [3.63, 3.8) is 0 Å². The molecule has 0 saturated carbocycles. The molecule has 0 unspecified atom stereocenters. The van der Waals surface area contributed by atoms with E-state index in [1.165, 1.54) is 8.00 Å². The third-order valence-corrected chi connectivity index (χ3v) is 3.29. The van der Waals surface area contributed by atoms with E-state index in [0.29, 0.717) is 0 Å². The van der Waals surface area contributed by atoms with Gasteiger partial charge in [0.1, 0.15) is 0 Å². The van der Waals surface area contributed by atoms with Gasteiger partial charge in [-0.3, -0.25) is 0 Å². The van der Waals surface area contributed by atoms with Crippen molar-refractivity contribution in [1.29, 1.82) is 0 Å². The Labute approximate surface area is 127 Å². The molecular formula is C8H10INRb-. The molecule has 0 radical (unpaired) electrons. The Bertz CT molecular complexity index is 215. The van der Waals surface area contributed by atoms with Crippen molar-refractivity contribution in [2.75, 3.05) is 4.43 Å². The van der Waals surface area contributed by atoms with Crippen molar-refractivity contribution in [2.24, 2.45) is 0 Å². The number of halogens is 1. The maximum Gasteiger partial charge on any atom is 1.00 e. The molecule has 0 aromatic carbocycles. The Morgan fingerprint density at radius 3 is 2.91 bits per heavy atom. The average molecular weight is 333 g/mol. The molecule has 0 saturated heterocycles. The number of hydrogen-bond acceptors (Lipinski definition) is 1. The molecule has 0 fully saturated rings. The van der Waals surface area contributed by atoms with Gasteiger partial charge in [0, 0.05) is 0 Å². The predicted molar refractivity (Wildman–Crippen MR) is 37.0 cm³/mol. The van der Waals surface area contributed by atoms with E-state index >= 15 is 0 Å². The van der Waals surface area contributed by atoms with Crippen molar-refractivity contribution in [3.05, 3.63) is 27.6 Å². The van der Waals surface area contributed by atoms with Crippen LogP contribution >= 0.6 is 0 Å². The number of alkyl halides is 1. The number of pyridine rings is 1. The first kappa shape index (κ1) is 12.7. The second kappa shape index (κ2) is 7.12. The first-order valence-corrected chi connectivity index (χ1v) is 5.87. The summed E-state index contributed by atoms with van der Waals surface area (Å²) >= 11 is 0.218. The van der Waals surface area contributed by atoms with E-state index in [9.17, 15) is 0 Å². The van der Waals surface area contributed by atoms with E-state index in [1.807, 2.05) is 6.92 Å². The minimum absolute atomic E-state index is 0. The van der Waals surface area contributed by atoms with Crippen molar-refractivity contribution in [2.45, 2.75) is 13.8 Å². The van der Waals surface area contributed by atoms with Crippen LogP contribution in [0.5, 0.6) is 0 Å². The zero-order chi connectivity index (χ0) is 7.40. The van der Waals surface area contributed by atoms with E-state index in [4.69, 9.17) is 0 Å². The molecule has 0 N–H and O–H groups in total. The first-order chi connectivity index (χ1) is 4.83. The fraction of sp³-hybridized carbons (Fsp3) is 0.375. The smallest absolute Gasteiger partial charge is 1.00 e. The maximum atomic E-state index is 4.08. The fourth-order valence-electron chi connectivity index (χ4n) is 0.679. The van der Waals surface area contributed by atoms with Crippen LogP contribution in [0.3, 0.4) is 0 Å². The van der Waals surface area contributed by atoms with Gasteiger partial charge in [-0.25, -0.2) is 0 Å². The summed E-state index contributed by atoms with van der Waals surface area (Å²) in [5.41, 5.74) is 1.11. The minimum atomic E-state index is 0. The molecule has 0 atom stereocenters. The van der Waals surface area contributed by atoms with Crippen LogP contribution in [0, 0.1) is 16.6 Å². The summed E-state index contributed by atoms with van der Waals surface area (Å²) in [4.78, 5) is 4.08. The van der Waals surface area contributed by atoms with Crippen molar-refractivity contribution in [3.8, 4) is 0 Å². The molecule has 1 heterocycles. The summed E-state index contributed by atoms with van der Waals surface area (Å²) in [7, 11) is 0. The van der Waals surface area contributed by atoms with Gasteiger partial charge < -0.3 is 0 Å². The van der Waals surface area contributed by atoms with E-state index in [1.54, 1.807) is 6.20 Å². The maximum absolute atomic E-state index is 4.08. The van der Waals surface area contributed by atoms with Gasteiger partial charge in [-0.1, -0.05) is 0 Å². The first-order valence-electron chi connectivity index (χ1n) is 3.26. The average Bonchev–Trinajstić information content (AvgIpc) is 1.88. The molecule has 0 bridgehead atoms. The molecule has 0 amide bonds. The number of hydrogen-bond donors (Lipinski definition) is 0. The molecule has 1 rings (SSSR count). The van der Waals surface area contributed by atoms with Crippen LogP contribution in [-0.4, -0.2) is 9.41 Å². The van der Waals surface area contributed by atoms with Gasteiger partial charge in [0.2, 0.25) is 0 Å². The number of rotatable bonds is 2.